The predicted molar refractivity (Wildman–Crippen MR) is 64.0 cm³/mol. The first-order valence-corrected chi connectivity index (χ1v) is 5.52. The quantitative estimate of drug-likeness (QED) is 0.784. The summed E-state index contributed by atoms with van der Waals surface area (Å²) >= 11 is 5.71. The summed E-state index contributed by atoms with van der Waals surface area (Å²) in [5.41, 5.74) is 1.36. The lowest BCUT2D eigenvalue weighted by Gasteiger charge is -2.05. The Balaban J connectivity index is 2.30. The second-order valence-electron chi connectivity index (χ2n) is 3.53. The number of alkyl halides is 1. The van der Waals surface area contributed by atoms with E-state index in [-0.39, 0.29) is 0 Å². The number of benzene rings is 1. The standard InChI is InChI=1S/C12H10ClN3O/c1-16-8-11(7-15-16)17-12-3-2-9(5-13)4-10(12)6-14/h2-4,7-8H,5H2,1H3. The first-order chi connectivity index (χ1) is 8.22. The molecular weight excluding hydrogens is 238 g/mol. The zero-order chi connectivity index (χ0) is 12.3. The Morgan fingerprint density at radius 3 is 2.94 bits per heavy atom. The molecule has 0 aliphatic carbocycles. The minimum atomic E-state index is 0.377. The lowest BCUT2D eigenvalue weighted by molar-refractivity contribution is 0.480. The van der Waals surface area contributed by atoms with Crippen molar-refractivity contribution < 1.29 is 4.74 Å². The Labute approximate surface area is 104 Å². The van der Waals surface area contributed by atoms with Gasteiger partial charge < -0.3 is 4.74 Å². The van der Waals surface area contributed by atoms with E-state index in [1.54, 1.807) is 36.3 Å². The van der Waals surface area contributed by atoms with Gasteiger partial charge >= 0.3 is 0 Å². The lowest BCUT2D eigenvalue weighted by atomic mass is 10.1. The molecule has 1 aromatic carbocycles. The minimum absolute atomic E-state index is 0.377. The number of aryl methyl sites for hydroxylation is 1. The zero-order valence-electron chi connectivity index (χ0n) is 9.22. The topological polar surface area (TPSA) is 50.8 Å². The van der Waals surface area contributed by atoms with E-state index >= 15 is 0 Å². The predicted octanol–water partition coefficient (Wildman–Crippen LogP) is 2.82. The molecule has 1 aromatic heterocycles. The van der Waals surface area contributed by atoms with E-state index in [0.717, 1.165) is 5.56 Å². The molecule has 86 valence electrons. The van der Waals surface area contributed by atoms with Crippen LogP contribution in [0.3, 0.4) is 0 Å². The average Bonchev–Trinajstić information content (AvgIpc) is 2.75. The summed E-state index contributed by atoms with van der Waals surface area (Å²) in [6, 6.07) is 7.38. The average molecular weight is 248 g/mol. The van der Waals surface area contributed by atoms with Gasteiger partial charge in [-0.05, 0) is 17.7 Å². The molecule has 0 atom stereocenters. The van der Waals surface area contributed by atoms with Crippen molar-refractivity contribution in [3.8, 4) is 17.6 Å². The van der Waals surface area contributed by atoms with Crippen LogP contribution in [0.2, 0.25) is 0 Å². The highest BCUT2D eigenvalue weighted by atomic mass is 35.5. The molecule has 0 bridgehead atoms. The van der Waals surface area contributed by atoms with Crippen LogP contribution in [0.25, 0.3) is 0 Å². The highest BCUT2D eigenvalue weighted by Crippen LogP contribution is 2.25. The number of ether oxygens (including phenoxy) is 1. The van der Waals surface area contributed by atoms with Crippen molar-refractivity contribution in [2.24, 2.45) is 7.05 Å². The number of hydrogen-bond acceptors (Lipinski definition) is 3. The monoisotopic (exact) mass is 247 g/mol. The summed E-state index contributed by atoms with van der Waals surface area (Å²) in [7, 11) is 1.80. The van der Waals surface area contributed by atoms with Crippen molar-refractivity contribution in [2.75, 3.05) is 0 Å². The van der Waals surface area contributed by atoms with Crippen molar-refractivity contribution in [2.45, 2.75) is 5.88 Å². The van der Waals surface area contributed by atoms with Crippen LogP contribution in [0.4, 0.5) is 0 Å². The Morgan fingerprint density at radius 1 is 1.53 bits per heavy atom. The van der Waals surface area contributed by atoms with E-state index in [2.05, 4.69) is 11.2 Å². The first-order valence-electron chi connectivity index (χ1n) is 4.98. The van der Waals surface area contributed by atoms with Crippen LogP contribution < -0.4 is 4.74 Å². The first kappa shape index (κ1) is 11.5. The molecule has 2 rings (SSSR count). The fourth-order valence-electron chi connectivity index (χ4n) is 1.42. The molecule has 4 nitrogen and oxygen atoms in total. The van der Waals surface area contributed by atoms with E-state index in [1.807, 2.05) is 6.07 Å². The summed E-state index contributed by atoms with van der Waals surface area (Å²) in [5.74, 6) is 1.49. The summed E-state index contributed by atoms with van der Waals surface area (Å²) in [5, 5.41) is 13.0. The summed E-state index contributed by atoms with van der Waals surface area (Å²) < 4.78 is 7.21. The maximum atomic E-state index is 9.03. The number of nitrogens with zero attached hydrogens (tertiary/aromatic N) is 3. The summed E-state index contributed by atoms with van der Waals surface area (Å²) in [6.45, 7) is 0. The molecule has 0 radical (unpaired) electrons. The summed E-state index contributed by atoms with van der Waals surface area (Å²) in [4.78, 5) is 0. The van der Waals surface area contributed by atoms with Gasteiger partial charge in [-0.15, -0.1) is 11.6 Å². The Kier molecular flexibility index (Phi) is 3.31. The molecule has 0 fully saturated rings. The largest absolute Gasteiger partial charge is 0.453 e. The third-order valence-corrected chi connectivity index (χ3v) is 2.54. The van der Waals surface area contributed by atoms with Crippen molar-refractivity contribution in [1.29, 1.82) is 5.26 Å². The number of halogens is 1. The lowest BCUT2D eigenvalue weighted by Crippen LogP contribution is -1.89. The van der Waals surface area contributed by atoms with Crippen LogP contribution in [0.15, 0.2) is 30.6 Å². The van der Waals surface area contributed by atoms with Gasteiger partial charge in [-0.25, -0.2) is 0 Å². The molecule has 0 saturated heterocycles. The zero-order valence-corrected chi connectivity index (χ0v) is 9.98. The maximum absolute atomic E-state index is 9.03. The number of rotatable bonds is 3. The van der Waals surface area contributed by atoms with E-state index < -0.39 is 0 Å². The van der Waals surface area contributed by atoms with Crippen LogP contribution in [0, 0.1) is 11.3 Å². The minimum Gasteiger partial charge on any atom is -0.453 e. The Morgan fingerprint density at radius 2 is 2.35 bits per heavy atom. The van der Waals surface area contributed by atoms with Gasteiger partial charge in [-0.1, -0.05) is 6.07 Å². The molecule has 0 N–H and O–H groups in total. The second-order valence-corrected chi connectivity index (χ2v) is 3.79. The van der Waals surface area contributed by atoms with Gasteiger partial charge in [0.25, 0.3) is 0 Å². The van der Waals surface area contributed by atoms with Gasteiger partial charge in [0.2, 0.25) is 0 Å². The highest BCUT2D eigenvalue weighted by Gasteiger charge is 2.06. The van der Waals surface area contributed by atoms with E-state index in [1.165, 1.54) is 0 Å². The normalized spacial score (nSPS) is 9.94. The van der Waals surface area contributed by atoms with E-state index in [9.17, 15) is 0 Å². The number of nitriles is 1. The third-order valence-electron chi connectivity index (χ3n) is 2.23. The molecule has 0 unspecified atom stereocenters. The van der Waals surface area contributed by atoms with Crippen LogP contribution in [0.5, 0.6) is 11.5 Å². The van der Waals surface area contributed by atoms with Gasteiger partial charge in [0, 0.05) is 12.9 Å². The Bertz CT molecular complexity index is 571. The summed E-state index contributed by atoms with van der Waals surface area (Å²) in [6.07, 6.45) is 3.33. The van der Waals surface area contributed by atoms with Crippen LogP contribution >= 0.6 is 11.6 Å². The van der Waals surface area contributed by atoms with E-state index in [0.29, 0.717) is 22.9 Å². The van der Waals surface area contributed by atoms with Crippen molar-refractivity contribution in [1.82, 2.24) is 9.78 Å². The fraction of sp³-hybridized carbons (Fsp3) is 0.167. The second kappa shape index (κ2) is 4.89. The molecule has 0 spiro atoms. The number of hydrogen-bond donors (Lipinski definition) is 0. The molecule has 1 heterocycles. The third kappa shape index (κ3) is 2.58. The van der Waals surface area contributed by atoms with Crippen molar-refractivity contribution in [3.63, 3.8) is 0 Å². The molecule has 2 aromatic rings. The number of aromatic nitrogens is 2. The van der Waals surface area contributed by atoms with Crippen LogP contribution in [-0.4, -0.2) is 9.78 Å². The van der Waals surface area contributed by atoms with Gasteiger partial charge in [0.15, 0.2) is 5.75 Å². The molecular formula is C12H10ClN3O. The molecule has 0 aliphatic heterocycles. The van der Waals surface area contributed by atoms with Gasteiger partial charge in [-0.3, -0.25) is 4.68 Å². The fourth-order valence-corrected chi connectivity index (χ4v) is 1.58. The maximum Gasteiger partial charge on any atom is 0.165 e. The smallest absolute Gasteiger partial charge is 0.165 e. The molecule has 0 amide bonds. The van der Waals surface area contributed by atoms with Crippen LogP contribution in [-0.2, 0) is 12.9 Å². The molecule has 5 heteroatoms. The van der Waals surface area contributed by atoms with Crippen LogP contribution in [0.1, 0.15) is 11.1 Å². The van der Waals surface area contributed by atoms with Gasteiger partial charge in [0.1, 0.15) is 11.8 Å². The SMILES string of the molecule is Cn1cc(Oc2ccc(CCl)cc2C#N)cn1. The van der Waals surface area contributed by atoms with Crippen molar-refractivity contribution in [3.05, 3.63) is 41.7 Å². The Hall–Kier alpha value is -1.99. The van der Waals surface area contributed by atoms with Crippen molar-refractivity contribution >= 4 is 11.6 Å². The van der Waals surface area contributed by atoms with E-state index in [4.69, 9.17) is 21.6 Å². The molecule has 17 heavy (non-hydrogen) atoms. The molecule has 0 saturated carbocycles. The van der Waals surface area contributed by atoms with Gasteiger partial charge in [0.05, 0.1) is 18.0 Å². The molecule has 0 aliphatic rings. The van der Waals surface area contributed by atoms with Gasteiger partial charge in [-0.2, -0.15) is 10.4 Å². The highest BCUT2D eigenvalue weighted by molar-refractivity contribution is 6.17.